The van der Waals surface area contributed by atoms with Crippen molar-refractivity contribution in [2.24, 2.45) is 5.41 Å². The second-order valence-electron chi connectivity index (χ2n) is 9.88. The fourth-order valence-corrected chi connectivity index (χ4v) is 3.47. The zero-order chi connectivity index (χ0) is 27.4. The Balaban J connectivity index is 1.71. The first-order chi connectivity index (χ1) is 17.2. The average Bonchev–Trinajstić information content (AvgIpc) is 3.25. The molecule has 0 spiro atoms. The number of ether oxygens (including phenoxy) is 2. The average molecular weight is 542 g/mol. The second kappa shape index (κ2) is 11.1. The van der Waals surface area contributed by atoms with E-state index in [2.05, 4.69) is 38.8 Å². The molecule has 37 heavy (non-hydrogen) atoms. The van der Waals surface area contributed by atoms with E-state index in [0.29, 0.717) is 23.4 Å². The number of halogens is 3. The molecule has 0 saturated heterocycles. The lowest BCUT2D eigenvalue weighted by atomic mass is 9.95. The van der Waals surface area contributed by atoms with Crippen molar-refractivity contribution in [1.29, 1.82) is 0 Å². The molecule has 0 saturated carbocycles. The fourth-order valence-electron chi connectivity index (χ4n) is 2.85. The molecule has 9 nitrogen and oxygen atoms in total. The first-order valence-electron chi connectivity index (χ1n) is 11.2. The Morgan fingerprint density at radius 1 is 1.05 bits per heavy atom. The molecule has 13 heteroatoms. The van der Waals surface area contributed by atoms with Crippen molar-refractivity contribution in [1.82, 2.24) is 24.7 Å². The molecule has 0 unspecified atom stereocenters. The van der Waals surface area contributed by atoms with E-state index < -0.39 is 33.4 Å². The van der Waals surface area contributed by atoms with Gasteiger partial charge in [0.25, 0.3) is 0 Å². The summed E-state index contributed by atoms with van der Waals surface area (Å²) in [5.74, 6) is -1.21. The van der Waals surface area contributed by atoms with Gasteiger partial charge in [-0.3, -0.25) is 9.78 Å². The smallest absolute Gasteiger partial charge is 0.451 e. The first-order valence-corrected chi connectivity index (χ1v) is 14.2. The van der Waals surface area contributed by atoms with Crippen molar-refractivity contribution >= 4 is 16.0 Å². The maximum atomic E-state index is 13.5. The first kappa shape index (κ1) is 28.4. The SMILES string of the molecule is CC(C)(COc1ccc(-c2ccc(-c3nc(C(F)(F)F)n(COCCS(C)(C)C)n3)cn2)cn1)C(=O)O. The second-order valence-corrected chi connectivity index (χ2v) is 14.5. The molecule has 0 amide bonds. The zero-order valence-electron chi connectivity index (χ0n) is 21.2. The van der Waals surface area contributed by atoms with Gasteiger partial charge in [0.2, 0.25) is 11.7 Å². The van der Waals surface area contributed by atoms with Crippen LogP contribution in [0.3, 0.4) is 0 Å². The number of aromatic nitrogens is 5. The summed E-state index contributed by atoms with van der Waals surface area (Å²) < 4.78 is 52.2. The van der Waals surface area contributed by atoms with E-state index in [4.69, 9.17) is 14.6 Å². The van der Waals surface area contributed by atoms with Crippen LogP contribution in [0.15, 0.2) is 36.7 Å². The van der Waals surface area contributed by atoms with Gasteiger partial charge in [-0.05, 0) is 50.8 Å². The van der Waals surface area contributed by atoms with Gasteiger partial charge in [-0.2, -0.15) is 13.2 Å². The van der Waals surface area contributed by atoms with Gasteiger partial charge in [0.05, 0.1) is 17.7 Å². The summed E-state index contributed by atoms with van der Waals surface area (Å²) >= 11 is 0. The van der Waals surface area contributed by atoms with Crippen LogP contribution in [0.25, 0.3) is 22.6 Å². The molecular formula is C24H30F3N5O4S. The Morgan fingerprint density at radius 3 is 2.27 bits per heavy atom. The van der Waals surface area contributed by atoms with Crippen LogP contribution in [0.1, 0.15) is 19.7 Å². The Hall–Kier alpha value is -3.19. The summed E-state index contributed by atoms with van der Waals surface area (Å²) in [6.45, 7) is 3.02. The third-order valence-electron chi connectivity index (χ3n) is 5.19. The molecule has 3 rings (SSSR count). The molecule has 3 aromatic heterocycles. The van der Waals surface area contributed by atoms with Gasteiger partial charge in [0.15, 0.2) is 5.82 Å². The molecule has 0 radical (unpaired) electrons. The summed E-state index contributed by atoms with van der Waals surface area (Å²) in [5, 5.41) is 13.2. The summed E-state index contributed by atoms with van der Waals surface area (Å²) in [6.07, 6.45) is 4.51. The van der Waals surface area contributed by atoms with Gasteiger partial charge in [0, 0.05) is 35.3 Å². The molecule has 0 aliphatic carbocycles. The lowest BCUT2D eigenvalue weighted by molar-refractivity contribution is -0.150. The molecule has 202 valence electrons. The van der Waals surface area contributed by atoms with Gasteiger partial charge in [0.1, 0.15) is 13.3 Å². The highest BCUT2D eigenvalue weighted by atomic mass is 32.3. The lowest BCUT2D eigenvalue weighted by Gasteiger charge is -2.24. The molecule has 0 fully saturated rings. The van der Waals surface area contributed by atoms with Crippen LogP contribution in [-0.2, 0) is 22.4 Å². The summed E-state index contributed by atoms with van der Waals surface area (Å²) in [7, 11) is -0.830. The molecule has 3 heterocycles. The lowest BCUT2D eigenvalue weighted by Crippen LogP contribution is -2.30. The van der Waals surface area contributed by atoms with Crippen molar-refractivity contribution in [3.05, 3.63) is 42.5 Å². The number of rotatable bonds is 11. The number of carboxylic acids is 1. The van der Waals surface area contributed by atoms with Gasteiger partial charge in [-0.25, -0.2) is 24.7 Å². The van der Waals surface area contributed by atoms with Crippen LogP contribution in [0, 0.1) is 5.41 Å². The number of hydrogen-bond acceptors (Lipinski definition) is 7. The van der Waals surface area contributed by atoms with Crippen LogP contribution in [-0.4, -0.2) is 73.5 Å². The molecule has 0 bridgehead atoms. The minimum atomic E-state index is -4.69. The molecule has 0 aromatic carbocycles. The zero-order valence-corrected chi connectivity index (χ0v) is 22.1. The Bertz CT molecular complexity index is 1210. The quantitative estimate of drug-likeness (QED) is 0.351. The van der Waals surface area contributed by atoms with Crippen molar-refractivity contribution in [2.45, 2.75) is 26.8 Å². The van der Waals surface area contributed by atoms with E-state index in [1.165, 1.54) is 12.4 Å². The molecule has 1 N–H and O–H groups in total. The van der Waals surface area contributed by atoms with Crippen LogP contribution in [0.4, 0.5) is 13.2 Å². The van der Waals surface area contributed by atoms with Crippen LogP contribution < -0.4 is 4.74 Å². The maximum absolute atomic E-state index is 13.5. The summed E-state index contributed by atoms with van der Waals surface area (Å²) in [4.78, 5) is 23.4. The summed E-state index contributed by atoms with van der Waals surface area (Å²) in [6, 6.07) is 6.48. The molecule has 0 aliphatic heterocycles. The van der Waals surface area contributed by atoms with Crippen molar-refractivity contribution in [2.75, 3.05) is 37.7 Å². The molecular weight excluding hydrogens is 511 g/mol. The molecule has 0 aliphatic rings. The highest BCUT2D eigenvalue weighted by Crippen LogP contribution is 2.34. The highest BCUT2D eigenvalue weighted by Gasteiger charge is 2.38. The number of hydrogen-bond donors (Lipinski definition) is 1. The van der Waals surface area contributed by atoms with Gasteiger partial charge in [-0.1, -0.05) is 0 Å². The monoisotopic (exact) mass is 541 g/mol. The third-order valence-corrected chi connectivity index (χ3v) is 6.58. The van der Waals surface area contributed by atoms with Crippen LogP contribution >= 0.6 is 10.0 Å². The number of carboxylic acid groups (broad SMARTS) is 1. The predicted molar refractivity (Wildman–Crippen MR) is 135 cm³/mol. The number of nitrogens with zero attached hydrogens (tertiary/aromatic N) is 5. The summed E-state index contributed by atoms with van der Waals surface area (Å²) in [5.41, 5.74) is 0.415. The van der Waals surface area contributed by atoms with Gasteiger partial charge < -0.3 is 14.6 Å². The van der Waals surface area contributed by atoms with Gasteiger partial charge in [-0.15, -0.1) is 5.10 Å². The van der Waals surface area contributed by atoms with Crippen LogP contribution in [0.5, 0.6) is 5.88 Å². The minimum Gasteiger partial charge on any atom is -0.481 e. The number of pyridine rings is 2. The molecule has 3 aromatic rings. The number of aliphatic carboxylic acids is 1. The Kier molecular flexibility index (Phi) is 8.48. The normalized spacial score (nSPS) is 13.0. The van der Waals surface area contributed by atoms with Gasteiger partial charge >= 0.3 is 12.1 Å². The third kappa shape index (κ3) is 7.89. The van der Waals surface area contributed by atoms with Crippen molar-refractivity contribution in [3.8, 4) is 28.5 Å². The topological polar surface area (TPSA) is 112 Å². The number of alkyl halides is 3. The van der Waals surface area contributed by atoms with Crippen molar-refractivity contribution < 1.29 is 32.5 Å². The van der Waals surface area contributed by atoms with E-state index >= 15 is 0 Å². The minimum absolute atomic E-state index is 0.0517. The van der Waals surface area contributed by atoms with Crippen molar-refractivity contribution in [3.63, 3.8) is 0 Å². The van der Waals surface area contributed by atoms with Crippen LogP contribution in [0.2, 0.25) is 0 Å². The number of carbonyl (C=O) groups is 1. The Labute approximate surface area is 214 Å². The Morgan fingerprint density at radius 2 is 1.73 bits per heavy atom. The van der Waals surface area contributed by atoms with E-state index in [1.54, 1.807) is 38.1 Å². The maximum Gasteiger partial charge on any atom is 0.451 e. The largest absolute Gasteiger partial charge is 0.481 e. The predicted octanol–water partition coefficient (Wildman–Crippen LogP) is 4.58. The van der Waals surface area contributed by atoms with E-state index in [9.17, 15) is 18.0 Å². The van der Waals surface area contributed by atoms with E-state index in [0.717, 1.165) is 10.4 Å². The van der Waals surface area contributed by atoms with E-state index in [-0.39, 0.29) is 25.0 Å². The van der Waals surface area contributed by atoms with E-state index in [1.807, 2.05) is 0 Å². The standard InChI is InChI=1S/C24H30F3N5O4S/c1-23(2,22(33)34)14-36-19-9-7-16(12-29-19)18-8-6-17(13-28-18)20-30-21(24(25,26)27)32(31-20)15-35-10-11-37(3,4)5/h6-9,12-13H,10-11,14-15H2,1-5H3,(H,33,34). The fraction of sp³-hybridized carbons (Fsp3) is 0.458. The highest BCUT2D eigenvalue weighted by molar-refractivity contribution is 8.32. The molecule has 0 atom stereocenters.